The van der Waals surface area contributed by atoms with Crippen molar-refractivity contribution >= 4 is 21.2 Å². The van der Waals surface area contributed by atoms with Crippen molar-refractivity contribution in [3.63, 3.8) is 0 Å². The van der Waals surface area contributed by atoms with Gasteiger partial charge in [-0.3, -0.25) is 0 Å². The molecule has 0 rings (SSSR count). The van der Waals surface area contributed by atoms with Gasteiger partial charge in [-0.2, -0.15) is 0 Å². The molecule has 0 spiro atoms. The molecule has 0 aromatic rings. The predicted molar refractivity (Wildman–Crippen MR) is 105 cm³/mol. The largest absolute Gasteiger partial charge is 0.437 e. The van der Waals surface area contributed by atoms with Crippen LogP contribution < -0.4 is 5.23 Å². The lowest BCUT2D eigenvalue weighted by Crippen LogP contribution is -2.49. The van der Waals surface area contributed by atoms with Crippen LogP contribution in [0.15, 0.2) is 0 Å². The Morgan fingerprint density at radius 3 is 1.76 bits per heavy atom. The zero-order valence-electron chi connectivity index (χ0n) is 16.4. The van der Waals surface area contributed by atoms with Crippen molar-refractivity contribution in [2.45, 2.75) is 33.8 Å². The van der Waals surface area contributed by atoms with E-state index < -0.39 is 21.2 Å². The van der Waals surface area contributed by atoms with E-state index in [9.17, 15) is 15.1 Å². The number of nitrogens with zero attached hydrogens (tertiary/aromatic N) is 2. The van der Waals surface area contributed by atoms with Crippen LogP contribution in [0.1, 0.15) is 13.3 Å². The minimum Gasteiger partial charge on any atom is -0.437 e. The van der Waals surface area contributed by atoms with Crippen molar-refractivity contribution in [2.24, 2.45) is 0 Å². The Morgan fingerprint density at radius 2 is 1.28 bits per heavy atom. The van der Waals surface area contributed by atoms with Crippen LogP contribution in [0.3, 0.4) is 0 Å². The topological polar surface area (TPSA) is 97.7 Å². The summed E-state index contributed by atoms with van der Waals surface area (Å²) in [6, 6.07) is 0. The molecule has 0 aliphatic rings. The van der Waals surface area contributed by atoms with Crippen molar-refractivity contribution in [1.29, 1.82) is 0 Å². The molecule has 0 aromatic carbocycles. The van der Waals surface area contributed by atoms with Crippen molar-refractivity contribution < 1.29 is 24.5 Å². The Bertz CT molecular complexity index is 305. The second-order valence-electron chi connectivity index (χ2n) is 6.19. The molecule has 0 radical (unpaired) electrons. The molecule has 25 heavy (non-hydrogen) atoms. The summed E-state index contributed by atoms with van der Waals surface area (Å²) in [7, 11) is -1.73. The average molecular weight is 359 g/mol. The lowest BCUT2D eigenvalue weighted by Gasteiger charge is -2.29. The summed E-state index contributed by atoms with van der Waals surface area (Å²) < 4.78 is 10.9. The van der Waals surface area contributed by atoms with Gasteiger partial charge in [0, 0.05) is 32.8 Å². The maximum Gasteiger partial charge on any atom is 0.376 e. The number of hydrogen-bond donors (Lipinski definition) is 4. The van der Waals surface area contributed by atoms with Gasteiger partial charge in [0.25, 0.3) is 0 Å². The van der Waals surface area contributed by atoms with Crippen molar-refractivity contribution in [2.75, 3.05) is 59.2 Å². The summed E-state index contributed by atoms with van der Waals surface area (Å²) in [5.41, 5.74) is 0. The van der Waals surface area contributed by atoms with E-state index in [0.29, 0.717) is 52.5 Å². The van der Waals surface area contributed by atoms with E-state index in [4.69, 9.17) is 9.47 Å². The SMILES string of the molecule is CCCOCCOCCN(CCN(CCNB(C)O)B(C)O)B(C)O. The maximum absolute atomic E-state index is 9.90. The van der Waals surface area contributed by atoms with Crippen LogP contribution in [-0.4, -0.2) is 105 Å². The van der Waals surface area contributed by atoms with Crippen LogP contribution in [0.25, 0.3) is 0 Å². The molecule has 0 aliphatic heterocycles. The smallest absolute Gasteiger partial charge is 0.376 e. The fourth-order valence-electron chi connectivity index (χ4n) is 2.29. The van der Waals surface area contributed by atoms with E-state index in [-0.39, 0.29) is 0 Å². The Balaban J connectivity index is 4.04. The monoisotopic (exact) mass is 359 g/mol. The zero-order chi connectivity index (χ0) is 19.1. The average Bonchev–Trinajstić information content (AvgIpc) is 2.53. The Hall–Kier alpha value is -0.125. The molecule has 0 aliphatic carbocycles. The lowest BCUT2D eigenvalue weighted by atomic mass is 9.82. The number of ether oxygens (including phenoxy) is 2. The molecule has 8 nitrogen and oxygen atoms in total. The van der Waals surface area contributed by atoms with Gasteiger partial charge < -0.3 is 39.4 Å². The van der Waals surface area contributed by atoms with Gasteiger partial charge in [-0.1, -0.05) is 6.92 Å². The van der Waals surface area contributed by atoms with Gasteiger partial charge in [0.15, 0.2) is 0 Å². The van der Waals surface area contributed by atoms with Crippen LogP contribution in [0.5, 0.6) is 0 Å². The van der Waals surface area contributed by atoms with Crippen molar-refractivity contribution in [3.05, 3.63) is 0 Å². The van der Waals surface area contributed by atoms with Crippen LogP contribution >= 0.6 is 0 Å². The van der Waals surface area contributed by atoms with Gasteiger partial charge in [0.1, 0.15) is 0 Å². The second kappa shape index (κ2) is 16.1. The zero-order valence-corrected chi connectivity index (χ0v) is 16.4. The minimum atomic E-state index is -0.585. The van der Waals surface area contributed by atoms with Gasteiger partial charge in [-0.25, -0.2) is 0 Å². The van der Waals surface area contributed by atoms with Crippen LogP contribution in [-0.2, 0) is 9.47 Å². The highest BCUT2D eigenvalue weighted by Gasteiger charge is 2.20. The summed E-state index contributed by atoms with van der Waals surface area (Å²) in [6.07, 6.45) is 1.00. The molecule has 0 saturated heterocycles. The van der Waals surface area contributed by atoms with Gasteiger partial charge in [-0.15, -0.1) is 0 Å². The molecule has 0 atom stereocenters. The molecule has 0 aromatic heterocycles. The van der Waals surface area contributed by atoms with Gasteiger partial charge in [0.05, 0.1) is 19.8 Å². The van der Waals surface area contributed by atoms with Crippen LogP contribution in [0.2, 0.25) is 20.5 Å². The fraction of sp³-hybridized carbons (Fsp3) is 1.00. The van der Waals surface area contributed by atoms with Crippen LogP contribution in [0.4, 0.5) is 0 Å². The van der Waals surface area contributed by atoms with Gasteiger partial charge >= 0.3 is 21.2 Å². The minimum absolute atomic E-state index is 0.526. The van der Waals surface area contributed by atoms with Gasteiger partial charge in [0.2, 0.25) is 0 Å². The lowest BCUT2D eigenvalue weighted by molar-refractivity contribution is 0.0435. The molecule has 146 valence electrons. The van der Waals surface area contributed by atoms with E-state index >= 15 is 0 Å². The van der Waals surface area contributed by atoms with E-state index in [1.807, 2.05) is 9.62 Å². The number of nitrogens with one attached hydrogen (secondary N) is 1. The Kier molecular flexibility index (Phi) is 16.0. The molecule has 0 fully saturated rings. The quantitative estimate of drug-likeness (QED) is 0.193. The molecule has 0 amide bonds. The predicted octanol–water partition coefficient (Wildman–Crippen LogP) is -1.05. The normalized spacial score (nSPS) is 11.4. The third kappa shape index (κ3) is 14.7. The van der Waals surface area contributed by atoms with E-state index in [1.165, 1.54) is 0 Å². The standard InChI is InChI=1S/C14H36B3N3O5/c1-5-11-24-13-14-25-12-10-20(17(4)23)9-8-19(16(3)22)7-6-18-15(2)21/h18,21-23H,5-14H2,1-4H3. The van der Waals surface area contributed by atoms with E-state index in [2.05, 4.69) is 12.2 Å². The number of rotatable bonds is 17. The molecule has 0 heterocycles. The summed E-state index contributed by atoms with van der Waals surface area (Å²) in [6.45, 7) is 12.6. The summed E-state index contributed by atoms with van der Waals surface area (Å²) in [5, 5.41) is 31.9. The first-order valence-electron chi connectivity index (χ1n) is 9.29. The highest BCUT2D eigenvalue weighted by atomic mass is 16.5. The first-order valence-corrected chi connectivity index (χ1v) is 9.29. The highest BCUT2D eigenvalue weighted by molar-refractivity contribution is 6.46. The van der Waals surface area contributed by atoms with Crippen molar-refractivity contribution in [3.8, 4) is 0 Å². The van der Waals surface area contributed by atoms with E-state index in [0.717, 1.165) is 13.0 Å². The van der Waals surface area contributed by atoms with E-state index in [1.54, 1.807) is 20.5 Å². The summed E-state index contributed by atoms with van der Waals surface area (Å²) in [4.78, 5) is 3.80. The van der Waals surface area contributed by atoms with Crippen molar-refractivity contribution in [1.82, 2.24) is 14.8 Å². The Morgan fingerprint density at radius 1 is 0.760 bits per heavy atom. The molecule has 0 unspecified atom stereocenters. The van der Waals surface area contributed by atoms with Gasteiger partial charge in [-0.05, 0) is 33.4 Å². The first kappa shape index (κ1) is 24.9. The molecule has 4 N–H and O–H groups in total. The molecular weight excluding hydrogens is 323 g/mol. The highest BCUT2D eigenvalue weighted by Crippen LogP contribution is 1.97. The first-order chi connectivity index (χ1) is 11.9. The molecule has 11 heteroatoms. The summed E-state index contributed by atoms with van der Waals surface area (Å²) >= 11 is 0. The fourth-order valence-corrected chi connectivity index (χ4v) is 2.29. The third-order valence-corrected chi connectivity index (χ3v) is 3.81. The summed E-state index contributed by atoms with van der Waals surface area (Å²) in [5.74, 6) is 0. The third-order valence-electron chi connectivity index (χ3n) is 3.81. The molecule has 0 saturated carbocycles. The Labute approximate surface area is 154 Å². The number of hydrogen-bond acceptors (Lipinski definition) is 8. The maximum atomic E-state index is 9.90. The molecule has 0 bridgehead atoms. The second-order valence-corrected chi connectivity index (χ2v) is 6.19. The molecular formula is C14H36B3N3O5. The van der Waals surface area contributed by atoms with Crippen LogP contribution in [0, 0.1) is 0 Å².